The summed E-state index contributed by atoms with van der Waals surface area (Å²) < 4.78 is 26.9. The normalized spacial score (nSPS) is 14.3. The van der Waals surface area contributed by atoms with Crippen molar-refractivity contribution < 1.29 is 13.2 Å². The van der Waals surface area contributed by atoms with Crippen LogP contribution in [0.2, 0.25) is 10.0 Å². The summed E-state index contributed by atoms with van der Waals surface area (Å²) in [5.41, 5.74) is 2.23. The molecular formula is C17H16Cl2N2O3S. The van der Waals surface area contributed by atoms with Gasteiger partial charge >= 0.3 is 0 Å². The topological polar surface area (TPSA) is 66.5 Å². The third-order valence-corrected chi connectivity index (χ3v) is 6.61. The van der Waals surface area contributed by atoms with Crippen LogP contribution in [0.5, 0.6) is 0 Å². The number of amides is 1. The largest absolute Gasteiger partial charge is 0.326 e. The predicted molar refractivity (Wildman–Crippen MR) is 98.5 cm³/mol. The van der Waals surface area contributed by atoms with E-state index in [4.69, 9.17) is 23.2 Å². The molecule has 0 aliphatic carbocycles. The first-order valence-electron chi connectivity index (χ1n) is 7.60. The second kappa shape index (κ2) is 6.96. The Labute approximate surface area is 156 Å². The van der Waals surface area contributed by atoms with Crippen molar-refractivity contribution in [1.82, 2.24) is 4.31 Å². The number of fused-ring (bicyclic) bond motifs is 1. The maximum absolute atomic E-state index is 12.8. The molecule has 0 spiro atoms. The van der Waals surface area contributed by atoms with Gasteiger partial charge in [0.15, 0.2) is 0 Å². The number of aryl methyl sites for hydroxylation is 1. The molecule has 0 radical (unpaired) electrons. The monoisotopic (exact) mass is 398 g/mol. The molecule has 0 saturated carbocycles. The molecule has 0 bridgehead atoms. The first kappa shape index (κ1) is 18.2. The Morgan fingerprint density at radius 3 is 2.56 bits per heavy atom. The highest BCUT2D eigenvalue weighted by molar-refractivity contribution is 7.89. The molecule has 1 heterocycles. The number of halogens is 2. The number of rotatable bonds is 4. The van der Waals surface area contributed by atoms with Crippen LogP contribution in [0.1, 0.15) is 17.5 Å². The summed E-state index contributed by atoms with van der Waals surface area (Å²) in [6.45, 7) is 0.174. The number of hydrogen-bond acceptors (Lipinski definition) is 3. The van der Waals surface area contributed by atoms with Gasteiger partial charge in [-0.15, -0.1) is 0 Å². The third-order valence-electron chi connectivity index (χ3n) is 4.07. The molecule has 2 aromatic rings. The van der Waals surface area contributed by atoms with Crippen LogP contribution in [0, 0.1) is 0 Å². The first-order chi connectivity index (χ1) is 11.8. The van der Waals surface area contributed by atoms with Gasteiger partial charge in [0, 0.05) is 25.7 Å². The maximum Gasteiger partial charge on any atom is 0.243 e. The molecule has 2 aromatic carbocycles. The van der Waals surface area contributed by atoms with Crippen LogP contribution in [-0.4, -0.2) is 25.7 Å². The zero-order valence-electron chi connectivity index (χ0n) is 13.4. The zero-order chi connectivity index (χ0) is 18.2. The predicted octanol–water partition coefficient (Wildman–Crippen LogP) is 3.70. The quantitative estimate of drug-likeness (QED) is 0.853. The summed E-state index contributed by atoms with van der Waals surface area (Å²) in [5.74, 6) is -0.0557. The number of anilines is 1. The van der Waals surface area contributed by atoms with E-state index in [1.165, 1.54) is 17.4 Å². The van der Waals surface area contributed by atoms with Crippen LogP contribution in [0.4, 0.5) is 5.69 Å². The second-order valence-electron chi connectivity index (χ2n) is 5.88. The highest BCUT2D eigenvalue weighted by Gasteiger charge is 2.24. The smallest absolute Gasteiger partial charge is 0.243 e. The van der Waals surface area contributed by atoms with Crippen LogP contribution in [0.25, 0.3) is 0 Å². The Morgan fingerprint density at radius 1 is 1.08 bits per heavy atom. The fourth-order valence-electron chi connectivity index (χ4n) is 2.68. The van der Waals surface area contributed by atoms with E-state index in [0.717, 1.165) is 11.1 Å². The molecule has 1 aliphatic heterocycles. The molecule has 132 valence electrons. The van der Waals surface area contributed by atoms with Gasteiger partial charge in [-0.2, -0.15) is 4.31 Å². The van der Waals surface area contributed by atoms with Gasteiger partial charge in [0.1, 0.15) is 0 Å². The van der Waals surface area contributed by atoms with E-state index in [1.807, 2.05) is 0 Å². The Morgan fingerprint density at radius 2 is 1.84 bits per heavy atom. The number of nitrogens with one attached hydrogen (secondary N) is 1. The van der Waals surface area contributed by atoms with E-state index in [2.05, 4.69) is 5.32 Å². The van der Waals surface area contributed by atoms with Crippen LogP contribution in [0.15, 0.2) is 41.3 Å². The van der Waals surface area contributed by atoms with Crippen LogP contribution >= 0.6 is 23.2 Å². The first-order valence-corrected chi connectivity index (χ1v) is 9.80. The number of nitrogens with zero attached hydrogens (tertiary/aromatic N) is 1. The Hall–Kier alpha value is -1.60. The van der Waals surface area contributed by atoms with Gasteiger partial charge in [0.25, 0.3) is 0 Å². The highest BCUT2D eigenvalue weighted by atomic mass is 35.5. The summed E-state index contributed by atoms with van der Waals surface area (Å²) in [6, 6.07) is 9.79. The van der Waals surface area contributed by atoms with Gasteiger partial charge < -0.3 is 5.32 Å². The van der Waals surface area contributed by atoms with Gasteiger partial charge in [-0.3, -0.25) is 4.79 Å². The lowest BCUT2D eigenvalue weighted by atomic mass is 10.0. The van der Waals surface area contributed by atoms with E-state index >= 15 is 0 Å². The molecule has 1 amide bonds. The van der Waals surface area contributed by atoms with Crippen LogP contribution in [-0.2, 0) is 27.8 Å². The Kier molecular flexibility index (Phi) is 5.06. The lowest BCUT2D eigenvalue weighted by molar-refractivity contribution is -0.116. The second-order valence-corrected chi connectivity index (χ2v) is 8.74. The van der Waals surface area contributed by atoms with Crippen molar-refractivity contribution in [3.63, 3.8) is 0 Å². The molecule has 5 nitrogen and oxygen atoms in total. The standard InChI is InChI=1S/C17H16Cl2N2O3S/c1-21(10-11-2-5-14(18)15(19)8-11)25(23,24)13-4-6-16-12(9-13)3-7-17(22)20-16/h2,4-6,8-9H,3,7,10H2,1H3,(H,20,22). The van der Waals surface area contributed by atoms with E-state index in [9.17, 15) is 13.2 Å². The molecule has 0 saturated heterocycles. The molecule has 1 N–H and O–H groups in total. The summed E-state index contributed by atoms with van der Waals surface area (Å²) in [5, 5.41) is 3.55. The molecule has 1 aliphatic rings. The molecule has 0 unspecified atom stereocenters. The maximum atomic E-state index is 12.8. The van der Waals surface area contributed by atoms with Gasteiger partial charge in [0.05, 0.1) is 14.9 Å². The molecule has 0 aromatic heterocycles. The summed E-state index contributed by atoms with van der Waals surface area (Å²) >= 11 is 11.9. The minimum Gasteiger partial charge on any atom is -0.326 e. The van der Waals surface area contributed by atoms with Crippen molar-refractivity contribution in [2.45, 2.75) is 24.3 Å². The molecule has 8 heteroatoms. The zero-order valence-corrected chi connectivity index (χ0v) is 15.7. The van der Waals surface area contributed by atoms with Crippen LogP contribution in [0.3, 0.4) is 0 Å². The lowest BCUT2D eigenvalue weighted by Gasteiger charge is -2.21. The van der Waals surface area contributed by atoms with Crippen molar-refractivity contribution in [2.24, 2.45) is 0 Å². The van der Waals surface area contributed by atoms with Crippen molar-refractivity contribution >= 4 is 44.8 Å². The highest BCUT2D eigenvalue weighted by Crippen LogP contribution is 2.28. The average Bonchev–Trinajstić information content (AvgIpc) is 2.57. The molecule has 0 fully saturated rings. The van der Waals surface area contributed by atoms with Gasteiger partial charge in [0.2, 0.25) is 15.9 Å². The van der Waals surface area contributed by atoms with E-state index in [-0.39, 0.29) is 17.3 Å². The summed E-state index contributed by atoms with van der Waals surface area (Å²) in [6.07, 6.45) is 0.886. The third kappa shape index (κ3) is 3.82. The Bertz CT molecular complexity index is 945. The van der Waals surface area contributed by atoms with Crippen molar-refractivity contribution in [3.8, 4) is 0 Å². The number of benzene rings is 2. The molecular weight excluding hydrogens is 383 g/mol. The van der Waals surface area contributed by atoms with Crippen molar-refractivity contribution in [1.29, 1.82) is 0 Å². The minimum absolute atomic E-state index is 0.0557. The van der Waals surface area contributed by atoms with E-state index in [0.29, 0.717) is 28.6 Å². The fraction of sp³-hybridized carbons (Fsp3) is 0.235. The lowest BCUT2D eigenvalue weighted by Crippen LogP contribution is -2.27. The minimum atomic E-state index is -3.66. The SMILES string of the molecule is CN(Cc1ccc(Cl)c(Cl)c1)S(=O)(=O)c1ccc2c(c1)CCC(=O)N2. The fourth-order valence-corrected chi connectivity index (χ4v) is 4.21. The number of hydrogen-bond donors (Lipinski definition) is 1. The van der Waals surface area contributed by atoms with Crippen LogP contribution < -0.4 is 5.32 Å². The number of carbonyl (C=O) groups excluding carboxylic acids is 1. The summed E-state index contributed by atoms with van der Waals surface area (Å²) in [7, 11) is -2.15. The van der Waals surface area contributed by atoms with Crippen molar-refractivity contribution in [2.75, 3.05) is 12.4 Å². The average molecular weight is 399 g/mol. The van der Waals surface area contributed by atoms with E-state index < -0.39 is 10.0 Å². The van der Waals surface area contributed by atoms with Crippen molar-refractivity contribution in [3.05, 3.63) is 57.6 Å². The van der Waals surface area contributed by atoms with E-state index in [1.54, 1.807) is 30.3 Å². The molecule has 3 rings (SSSR count). The van der Waals surface area contributed by atoms with Gasteiger partial charge in [-0.25, -0.2) is 8.42 Å². The molecule has 25 heavy (non-hydrogen) atoms. The summed E-state index contributed by atoms with van der Waals surface area (Å²) in [4.78, 5) is 11.6. The van der Waals surface area contributed by atoms with Gasteiger partial charge in [-0.1, -0.05) is 29.3 Å². The number of sulfonamides is 1. The Balaban J connectivity index is 1.85. The van der Waals surface area contributed by atoms with Gasteiger partial charge in [-0.05, 0) is 47.9 Å². The molecule has 0 atom stereocenters. The number of carbonyl (C=O) groups is 1.